The van der Waals surface area contributed by atoms with Crippen molar-refractivity contribution in [1.82, 2.24) is 20.3 Å². The molecule has 2 heterocycles. The third kappa shape index (κ3) is 7.27. The quantitative estimate of drug-likeness (QED) is 0.198. The number of hydrogen-bond acceptors (Lipinski definition) is 9. The zero-order valence-corrected chi connectivity index (χ0v) is 24.8. The molecule has 4 rings (SSSR count). The summed E-state index contributed by atoms with van der Waals surface area (Å²) in [5, 5.41) is 8.54. The van der Waals surface area contributed by atoms with Crippen LogP contribution in [0.3, 0.4) is 0 Å². The van der Waals surface area contributed by atoms with Crippen molar-refractivity contribution in [3.63, 3.8) is 0 Å². The van der Waals surface area contributed by atoms with Crippen molar-refractivity contribution in [2.75, 3.05) is 23.7 Å². The first-order chi connectivity index (χ1) is 19.1. The van der Waals surface area contributed by atoms with Crippen LogP contribution in [0.2, 0.25) is 5.02 Å². The molecular formula is C27H29ClF2N6O4S. The summed E-state index contributed by atoms with van der Waals surface area (Å²) in [7, 11) is 0. The highest BCUT2D eigenvalue weighted by molar-refractivity contribution is 7.22. The van der Waals surface area contributed by atoms with Crippen molar-refractivity contribution < 1.29 is 27.8 Å². The van der Waals surface area contributed by atoms with Crippen LogP contribution < -0.4 is 16.0 Å². The van der Waals surface area contributed by atoms with E-state index in [1.165, 1.54) is 24.5 Å². The normalized spacial score (nSPS) is 11.9. The number of halogens is 3. The molecule has 2 amide bonds. The van der Waals surface area contributed by atoms with E-state index >= 15 is 4.39 Å². The molecular weight excluding hydrogens is 578 g/mol. The third-order valence-corrected chi connectivity index (χ3v) is 6.56. The highest BCUT2D eigenvalue weighted by Gasteiger charge is 2.24. The Balaban J connectivity index is 1.63. The Kier molecular flexibility index (Phi) is 8.50. The van der Waals surface area contributed by atoms with E-state index < -0.39 is 35.0 Å². The predicted octanol–water partition coefficient (Wildman–Crippen LogP) is 7.12. The van der Waals surface area contributed by atoms with Crippen molar-refractivity contribution in [1.29, 1.82) is 0 Å². The molecule has 3 N–H and O–H groups in total. The van der Waals surface area contributed by atoms with E-state index in [-0.39, 0.29) is 50.1 Å². The average molecular weight is 607 g/mol. The molecule has 14 heteroatoms. The Hall–Kier alpha value is -3.84. The van der Waals surface area contributed by atoms with E-state index in [1.54, 1.807) is 41.5 Å². The van der Waals surface area contributed by atoms with Crippen LogP contribution in [0, 0.1) is 11.6 Å². The maximum atomic E-state index is 16.0. The van der Waals surface area contributed by atoms with Crippen LogP contribution in [0.25, 0.3) is 32.2 Å². The SMILES string of the molecule is CC(C)(C)OC(=O)NCCNc1ncnc2c(F)c(-c3ccc(F)c4sc(NC(=O)OC(C)(C)C)nc34)c(Cl)cc12. The van der Waals surface area contributed by atoms with Crippen molar-refractivity contribution in [2.45, 2.75) is 52.7 Å². The van der Waals surface area contributed by atoms with E-state index in [9.17, 15) is 14.0 Å². The minimum Gasteiger partial charge on any atom is -0.444 e. The molecule has 2 aromatic heterocycles. The maximum absolute atomic E-state index is 16.0. The van der Waals surface area contributed by atoms with Gasteiger partial charge in [-0.15, -0.1) is 0 Å². The van der Waals surface area contributed by atoms with E-state index in [1.807, 2.05) is 0 Å². The predicted molar refractivity (Wildman–Crippen MR) is 156 cm³/mol. The lowest BCUT2D eigenvalue weighted by Gasteiger charge is -2.19. The number of nitrogens with zero attached hydrogens (tertiary/aromatic N) is 3. The fraction of sp³-hybridized carbons (Fsp3) is 0.370. The molecule has 0 atom stereocenters. The first kappa shape index (κ1) is 30.1. The lowest BCUT2D eigenvalue weighted by molar-refractivity contribution is 0.0528. The molecule has 0 aliphatic rings. The van der Waals surface area contributed by atoms with Crippen LogP contribution in [0.1, 0.15) is 41.5 Å². The standard InChI is InChI=1S/C27H29ClF2N6O4S/c1-26(2,3)39-24(37)32-10-9-31-22-14-11-15(28)17(18(30)19(14)33-12-34-22)13-7-8-16(29)21-20(13)35-23(41-21)36-25(38)40-27(4,5)6/h7-8,11-12H,9-10H2,1-6H3,(H,32,37)(H,31,33,34)(H,35,36,38). The van der Waals surface area contributed by atoms with Gasteiger partial charge in [-0.25, -0.2) is 33.3 Å². The van der Waals surface area contributed by atoms with Crippen molar-refractivity contribution in [3.05, 3.63) is 41.2 Å². The highest BCUT2D eigenvalue weighted by atomic mass is 35.5. The summed E-state index contributed by atoms with van der Waals surface area (Å²) in [4.78, 5) is 36.7. The molecule has 0 radical (unpaired) electrons. The molecule has 0 aliphatic heterocycles. The number of carbonyl (C=O) groups is 2. The summed E-state index contributed by atoms with van der Waals surface area (Å²) in [6.45, 7) is 10.9. The smallest absolute Gasteiger partial charge is 0.413 e. The Morgan fingerprint density at radius 3 is 2.34 bits per heavy atom. The number of rotatable bonds is 6. The molecule has 0 spiro atoms. The fourth-order valence-electron chi connectivity index (χ4n) is 3.80. The summed E-state index contributed by atoms with van der Waals surface area (Å²) in [5.41, 5.74) is -1.10. The number of carbonyl (C=O) groups excluding carboxylic acids is 2. The first-order valence-electron chi connectivity index (χ1n) is 12.6. The van der Waals surface area contributed by atoms with Crippen molar-refractivity contribution >= 4 is 67.2 Å². The van der Waals surface area contributed by atoms with Gasteiger partial charge in [0.05, 0.1) is 15.2 Å². The molecule has 0 unspecified atom stereocenters. The zero-order valence-electron chi connectivity index (χ0n) is 23.2. The van der Waals surface area contributed by atoms with Gasteiger partial charge in [0.15, 0.2) is 10.9 Å². The molecule has 0 bridgehead atoms. The van der Waals surface area contributed by atoms with Gasteiger partial charge in [-0.1, -0.05) is 22.9 Å². The Morgan fingerprint density at radius 2 is 1.66 bits per heavy atom. The summed E-state index contributed by atoms with van der Waals surface area (Å²) in [6, 6.07) is 4.05. The van der Waals surface area contributed by atoms with Crippen LogP contribution in [0.5, 0.6) is 0 Å². The lowest BCUT2D eigenvalue weighted by atomic mass is 10.0. The second kappa shape index (κ2) is 11.6. The number of amides is 2. The summed E-state index contributed by atoms with van der Waals surface area (Å²) < 4.78 is 41.3. The number of nitrogens with one attached hydrogen (secondary N) is 3. The van der Waals surface area contributed by atoms with Crippen LogP contribution in [-0.4, -0.2) is 51.4 Å². The van der Waals surface area contributed by atoms with Crippen molar-refractivity contribution in [3.8, 4) is 11.1 Å². The van der Waals surface area contributed by atoms with Gasteiger partial charge in [-0.2, -0.15) is 0 Å². The Bertz CT molecular complexity index is 1630. The van der Waals surface area contributed by atoms with Gasteiger partial charge in [-0.3, -0.25) is 5.32 Å². The second-order valence-corrected chi connectivity index (χ2v) is 12.3. The van der Waals surface area contributed by atoms with E-state index in [4.69, 9.17) is 21.1 Å². The molecule has 4 aromatic rings. The molecule has 2 aromatic carbocycles. The molecule has 218 valence electrons. The van der Waals surface area contributed by atoms with Crippen LogP contribution in [0.4, 0.5) is 29.3 Å². The molecule has 41 heavy (non-hydrogen) atoms. The van der Waals surface area contributed by atoms with E-state index in [0.29, 0.717) is 11.2 Å². The summed E-state index contributed by atoms with van der Waals surface area (Å²) >= 11 is 7.46. The number of anilines is 2. The van der Waals surface area contributed by atoms with Crippen LogP contribution >= 0.6 is 22.9 Å². The minimum absolute atomic E-state index is 0.0160. The number of fused-ring (bicyclic) bond motifs is 2. The lowest BCUT2D eigenvalue weighted by Crippen LogP contribution is -2.35. The van der Waals surface area contributed by atoms with Gasteiger partial charge in [0.1, 0.15) is 34.7 Å². The molecule has 0 fully saturated rings. The van der Waals surface area contributed by atoms with Gasteiger partial charge in [0.25, 0.3) is 0 Å². The Labute approximate surface area is 243 Å². The van der Waals surface area contributed by atoms with Gasteiger partial charge >= 0.3 is 12.2 Å². The number of thiazole rings is 1. The van der Waals surface area contributed by atoms with Crippen molar-refractivity contribution in [2.24, 2.45) is 0 Å². The second-order valence-electron chi connectivity index (χ2n) is 10.9. The minimum atomic E-state index is -0.758. The largest absolute Gasteiger partial charge is 0.444 e. The van der Waals surface area contributed by atoms with Crippen LogP contribution in [0.15, 0.2) is 24.5 Å². The van der Waals surface area contributed by atoms with Gasteiger partial charge in [0, 0.05) is 29.6 Å². The van der Waals surface area contributed by atoms with E-state index in [2.05, 4.69) is 30.9 Å². The number of ether oxygens (including phenoxy) is 2. The average Bonchev–Trinajstić information content (AvgIpc) is 3.25. The van der Waals surface area contributed by atoms with Crippen LogP contribution in [-0.2, 0) is 9.47 Å². The number of aromatic nitrogens is 3. The molecule has 0 aliphatic carbocycles. The first-order valence-corrected chi connectivity index (χ1v) is 13.8. The van der Waals surface area contributed by atoms with Gasteiger partial charge < -0.3 is 20.1 Å². The maximum Gasteiger partial charge on any atom is 0.413 e. The van der Waals surface area contributed by atoms with Gasteiger partial charge in [0.2, 0.25) is 0 Å². The number of hydrogen-bond donors (Lipinski definition) is 3. The van der Waals surface area contributed by atoms with Gasteiger partial charge in [-0.05, 0) is 59.7 Å². The fourth-order valence-corrected chi connectivity index (χ4v) is 4.97. The molecule has 0 saturated carbocycles. The number of alkyl carbamates (subject to hydrolysis) is 1. The summed E-state index contributed by atoms with van der Waals surface area (Å²) in [5.74, 6) is -1.05. The number of benzene rings is 2. The van der Waals surface area contributed by atoms with E-state index in [0.717, 1.165) is 11.3 Å². The third-order valence-electron chi connectivity index (χ3n) is 5.28. The molecule has 0 saturated heterocycles. The topological polar surface area (TPSA) is 127 Å². The monoisotopic (exact) mass is 606 g/mol. The Morgan fingerprint density at radius 1 is 0.976 bits per heavy atom. The summed E-state index contributed by atoms with van der Waals surface area (Å²) in [6.07, 6.45) is -0.132. The molecule has 10 nitrogen and oxygen atoms in total. The highest BCUT2D eigenvalue weighted by Crippen LogP contribution is 2.42. The zero-order chi connectivity index (χ0) is 30.1.